The van der Waals surface area contributed by atoms with Crippen LogP contribution in [0.4, 0.5) is 0 Å². The summed E-state index contributed by atoms with van der Waals surface area (Å²) in [7, 11) is 0. The largest absolute Gasteiger partial charge is 0.361 e. The molecular formula is C11H22N2O. The average molecular weight is 198 g/mol. The molecule has 14 heavy (non-hydrogen) atoms. The molecule has 0 radical (unpaired) electrons. The van der Waals surface area contributed by atoms with Gasteiger partial charge >= 0.3 is 0 Å². The van der Waals surface area contributed by atoms with Gasteiger partial charge in [0.1, 0.15) is 6.23 Å². The van der Waals surface area contributed by atoms with E-state index in [9.17, 15) is 0 Å². The maximum absolute atomic E-state index is 5.85. The highest BCUT2D eigenvalue weighted by molar-refractivity contribution is 4.86. The summed E-state index contributed by atoms with van der Waals surface area (Å²) in [4.78, 5) is 2.54. The summed E-state index contributed by atoms with van der Waals surface area (Å²) < 4.78 is 5.85. The number of ether oxygens (including phenoxy) is 1. The molecule has 0 aromatic rings. The van der Waals surface area contributed by atoms with E-state index in [2.05, 4.69) is 24.1 Å². The van der Waals surface area contributed by atoms with Crippen molar-refractivity contribution in [3.63, 3.8) is 0 Å². The van der Waals surface area contributed by atoms with Gasteiger partial charge in [0, 0.05) is 12.6 Å². The van der Waals surface area contributed by atoms with Gasteiger partial charge in [-0.15, -0.1) is 0 Å². The zero-order valence-corrected chi connectivity index (χ0v) is 9.33. The first-order valence-electron chi connectivity index (χ1n) is 5.90. The molecule has 0 bridgehead atoms. The molecule has 0 amide bonds. The van der Waals surface area contributed by atoms with Crippen molar-refractivity contribution in [1.82, 2.24) is 10.2 Å². The summed E-state index contributed by atoms with van der Waals surface area (Å²) in [5.41, 5.74) is 0. The molecule has 2 fully saturated rings. The minimum absolute atomic E-state index is 0.286. The molecule has 2 aliphatic heterocycles. The lowest BCUT2D eigenvalue weighted by Crippen LogP contribution is -2.53. The van der Waals surface area contributed by atoms with Gasteiger partial charge in [0.05, 0.1) is 6.61 Å². The van der Waals surface area contributed by atoms with E-state index in [1.54, 1.807) is 0 Å². The van der Waals surface area contributed by atoms with Gasteiger partial charge < -0.3 is 4.74 Å². The molecule has 0 saturated carbocycles. The molecule has 2 rings (SSSR count). The number of nitrogens with one attached hydrogen (secondary N) is 1. The standard InChI is InChI=1S/C11H22N2O/c1-3-13-6-4-5-10(13)11-12-7-9(2)8-14-11/h9-12H,3-8H2,1-2H3. The molecule has 0 aliphatic carbocycles. The van der Waals surface area contributed by atoms with Crippen LogP contribution in [0.5, 0.6) is 0 Å². The molecule has 3 unspecified atom stereocenters. The third-order valence-corrected chi connectivity index (χ3v) is 3.40. The lowest BCUT2D eigenvalue weighted by molar-refractivity contribution is -0.0625. The van der Waals surface area contributed by atoms with E-state index in [0.717, 1.165) is 19.7 Å². The Morgan fingerprint density at radius 1 is 1.50 bits per heavy atom. The van der Waals surface area contributed by atoms with Gasteiger partial charge in [-0.25, -0.2) is 0 Å². The summed E-state index contributed by atoms with van der Waals surface area (Å²) in [5, 5.41) is 3.51. The molecule has 2 saturated heterocycles. The fourth-order valence-electron chi connectivity index (χ4n) is 2.54. The van der Waals surface area contributed by atoms with Gasteiger partial charge in [0.25, 0.3) is 0 Å². The molecule has 0 aromatic heterocycles. The molecule has 3 atom stereocenters. The lowest BCUT2D eigenvalue weighted by atomic mass is 10.1. The van der Waals surface area contributed by atoms with E-state index in [-0.39, 0.29) is 6.23 Å². The average Bonchev–Trinajstić information content (AvgIpc) is 2.67. The fraction of sp³-hybridized carbons (Fsp3) is 1.00. The topological polar surface area (TPSA) is 24.5 Å². The van der Waals surface area contributed by atoms with E-state index in [0.29, 0.717) is 12.0 Å². The Hall–Kier alpha value is -0.120. The molecule has 82 valence electrons. The van der Waals surface area contributed by atoms with E-state index in [1.807, 2.05) is 0 Å². The highest BCUT2D eigenvalue weighted by Gasteiger charge is 2.33. The first kappa shape index (κ1) is 10.4. The van der Waals surface area contributed by atoms with Crippen molar-refractivity contribution in [1.29, 1.82) is 0 Å². The van der Waals surface area contributed by atoms with Crippen LogP contribution in [0.2, 0.25) is 0 Å². The Morgan fingerprint density at radius 3 is 3.00 bits per heavy atom. The van der Waals surface area contributed by atoms with Crippen LogP contribution in [0.25, 0.3) is 0 Å². The maximum atomic E-state index is 5.85. The zero-order valence-electron chi connectivity index (χ0n) is 9.33. The minimum atomic E-state index is 0.286. The first-order valence-corrected chi connectivity index (χ1v) is 5.90. The zero-order chi connectivity index (χ0) is 9.97. The van der Waals surface area contributed by atoms with Gasteiger partial charge in [-0.2, -0.15) is 0 Å². The smallest absolute Gasteiger partial charge is 0.123 e. The van der Waals surface area contributed by atoms with Crippen LogP contribution in [-0.4, -0.2) is 43.4 Å². The molecule has 1 N–H and O–H groups in total. The van der Waals surface area contributed by atoms with E-state index < -0.39 is 0 Å². The van der Waals surface area contributed by atoms with Crippen molar-refractivity contribution in [2.24, 2.45) is 5.92 Å². The first-order chi connectivity index (χ1) is 6.81. The number of rotatable bonds is 2. The summed E-state index contributed by atoms with van der Waals surface area (Å²) in [5.74, 6) is 0.669. The Labute approximate surface area is 86.8 Å². The fourth-order valence-corrected chi connectivity index (χ4v) is 2.54. The molecular weight excluding hydrogens is 176 g/mol. The van der Waals surface area contributed by atoms with E-state index in [4.69, 9.17) is 4.74 Å². The van der Waals surface area contributed by atoms with Crippen molar-refractivity contribution in [3.8, 4) is 0 Å². The highest BCUT2D eigenvalue weighted by atomic mass is 16.5. The molecule has 2 aliphatic rings. The second kappa shape index (κ2) is 4.60. The van der Waals surface area contributed by atoms with Crippen LogP contribution in [0, 0.1) is 5.92 Å². The van der Waals surface area contributed by atoms with Gasteiger partial charge in [0.15, 0.2) is 0 Å². The van der Waals surface area contributed by atoms with Gasteiger partial charge in [-0.05, 0) is 31.8 Å². The Kier molecular flexibility index (Phi) is 3.42. The number of likely N-dealkylation sites (N-methyl/N-ethyl adjacent to an activating group) is 1. The summed E-state index contributed by atoms with van der Waals surface area (Å²) in [6.07, 6.45) is 2.91. The SMILES string of the molecule is CCN1CCCC1C1NCC(C)CO1. The minimum Gasteiger partial charge on any atom is -0.361 e. The second-order valence-corrected chi connectivity index (χ2v) is 4.61. The van der Waals surface area contributed by atoms with Crippen molar-refractivity contribution < 1.29 is 4.74 Å². The van der Waals surface area contributed by atoms with Crippen LogP contribution in [0.3, 0.4) is 0 Å². The molecule has 3 nitrogen and oxygen atoms in total. The van der Waals surface area contributed by atoms with Gasteiger partial charge in [0.2, 0.25) is 0 Å². The quantitative estimate of drug-likeness (QED) is 0.718. The van der Waals surface area contributed by atoms with Crippen LogP contribution < -0.4 is 5.32 Å². The normalized spacial score (nSPS) is 40.3. The Bertz CT molecular complexity index is 178. The van der Waals surface area contributed by atoms with Crippen LogP contribution in [0.1, 0.15) is 26.7 Å². The number of hydrogen-bond acceptors (Lipinski definition) is 3. The van der Waals surface area contributed by atoms with Crippen LogP contribution in [0.15, 0.2) is 0 Å². The Balaban J connectivity index is 1.88. The number of hydrogen-bond donors (Lipinski definition) is 1. The van der Waals surface area contributed by atoms with Crippen molar-refractivity contribution >= 4 is 0 Å². The van der Waals surface area contributed by atoms with Crippen molar-refractivity contribution in [2.45, 2.75) is 39.0 Å². The third-order valence-electron chi connectivity index (χ3n) is 3.40. The van der Waals surface area contributed by atoms with Crippen LogP contribution >= 0.6 is 0 Å². The molecule has 2 heterocycles. The predicted octanol–water partition coefficient (Wildman–Crippen LogP) is 1.05. The van der Waals surface area contributed by atoms with E-state index >= 15 is 0 Å². The predicted molar refractivity (Wildman–Crippen MR) is 57.2 cm³/mol. The van der Waals surface area contributed by atoms with Crippen LogP contribution in [-0.2, 0) is 4.74 Å². The van der Waals surface area contributed by atoms with Crippen molar-refractivity contribution in [2.75, 3.05) is 26.2 Å². The molecule has 0 spiro atoms. The monoisotopic (exact) mass is 198 g/mol. The Morgan fingerprint density at radius 2 is 2.36 bits per heavy atom. The van der Waals surface area contributed by atoms with E-state index in [1.165, 1.54) is 19.4 Å². The third kappa shape index (κ3) is 2.10. The van der Waals surface area contributed by atoms with Gasteiger partial charge in [-0.1, -0.05) is 13.8 Å². The highest BCUT2D eigenvalue weighted by Crippen LogP contribution is 2.22. The number of likely N-dealkylation sites (tertiary alicyclic amines) is 1. The van der Waals surface area contributed by atoms with Gasteiger partial charge in [-0.3, -0.25) is 10.2 Å². The number of nitrogens with zero attached hydrogens (tertiary/aromatic N) is 1. The second-order valence-electron chi connectivity index (χ2n) is 4.61. The summed E-state index contributed by atoms with van der Waals surface area (Å²) in [6, 6.07) is 0.618. The van der Waals surface area contributed by atoms with Crippen molar-refractivity contribution in [3.05, 3.63) is 0 Å². The summed E-state index contributed by atoms with van der Waals surface area (Å²) >= 11 is 0. The summed E-state index contributed by atoms with van der Waals surface area (Å²) in [6.45, 7) is 8.91. The molecule has 0 aromatic carbocycles. The molecule has 3 heteroatoms. The lowest BCUT2D eigenvalue weighted by Gasteiger charge is -2.36. The maximum Gasteiger partial charge on any atom is 0.123 e.